The molecule has 1 amide bonds. The van der Waals surface area contributed by atoms with Crippen molar-refractivity contribution < 1.29 is 4.79 Å². The molecule has 0 aliphatic carbocycles. The fourth-order valence-electron chi connectivity index (χ4n) is 3.02. The summed E-state index contributed by atoms with van der Waals surface area (Å²) >= 11 is 0. The maximum atomic E-state index is 12.5. The van der Waals surface area contributed by atoms with Crippen LogP contribution in [0.4, 0.5) is 0 Å². The molecule has 108 valence electrons. The summed E-state index contributed by atoms with van der Waals surface area (Å²) in [6.07, 6.45) is 7.18. The Morgan fingerprint density at radius 3 is 2.81 bits per heavy atom. The predicted octanol–water partition coefficient (Wildman–Crippen LogP) is 3.38. The Balaban J connectivity index is 1.64. The molecule has 1 atom stereocenters. The van der Waals surface area contributed by atoms with E-state index in [0.717, 1.165) is 31.4 Å². The molecule has 1 fully saturated rings. The molecule has 3 nitrogen and oxygen atoms in total. The minimum absolute atomic E-state index is 0.210. The number of pyridine rings is 1. The summed E-state index contributed by atoms with van der Waals surface area (Å²) in [6.45, 7) is 0.868. The summed E-state index contributed by atoms with van der Waals surface area (Å²) in [5, 5.41) is 0. The van der Waals surface area contributed by atoms with E-state index in [2.05, 4.69) is 23.2 Å². The predicted molar refractivity (Wildman–Crippen MR) is 82.7 cm³/mol. The van der Waals surface area contributed by atoms with Crippen molar-refractivity contribution in [3.8, 4) is 0 Å². The Morgan fingerprint density at radius 1 is 1.19 bits per heavy atom. The molecule has 2 heterocycles. The lowest BCUT2D eigenvalue weighted by atomic mass is 10.1. The molecule has 1 unspecified atom stereocenters. The van der Waals surface area contributed by atoms with Crippen LogP contribution in [-0.4, -0.2) is 22.3 Å². The molecular weight excluding hydrogens is 260 g/mol. The Kier molecular flexibility index (Phi) is 4.29. The zero-order chi connectivity index (χ0) is 14.5. The van der Waals surface area contributed by atoms with Crippen LogP contribution >= 0.6 is 0 Å². The minimum Gasteiger partial charge on any atom is -0.336 e. The number of aryl methyl sites for hydroxylation is 1. The SMILES string of the molecule is O=C(CCc1ccccc1)N1CCCC1c1cccnc1. The van der Waals surface area contributed by atoms with Crippen LogP contribution in [0.25, 0.3) is 0 Å². The van der Waals surface area contributed by atoms with Gasteiger partial charge < -0.3 is 4.90 Å². The van der Waals surface area contributed by atoms with Crippen LogP contribution in [0.5, 0.6) is 0 Å². The highest BCUT2D eigenvalue weighted by Crippen LogP contribution is 2.31. The average molecular weight is 280 g/mol. The van der Waals surface area contributed by atoms with Crippen LogP contribution in [0.1, 0.15) is 36.4 Å². The minimum atomic E-state index is 0.210. The maximum Gasteiger partial charge on any atom is 0.223 e. The Morgan fingerprint density at radius 2 is 2.05 bits per heavy atom. The van der Waals surface area contributed by atoms with E-state index in [1.165, 1.54) is 5.56 Å². The molecule has 0 saturated carbocycles. The van der Waals surface area contributed by atoms with Gasteiger partial charge in [0.2, 0.25) is 5.91 Å². The molecule has 1 saturated heterocycles. The second kappa shape index (κ2) is 6.53. The van der Waals surface area contributed by atoms with Gasteiger partial charge in [-0.05, 0) is 36.5 Å². The van der Waals surface area contributed by atoms with Crippen molar-refractivity contribution in [2.24, 2.45) is 0 Å². The van der Waals surface area contributed by atoms with Crippen molar-refractivity contribution in [2.75, 3.05) is 6.54 Å². The van der Waals surface area contributed by atoms with E-state index in [9.17, 15) is 4.79 Å². The summed E-state index contributed by atoms with van der Waals surface area (Å²) in [5.41, 5.74) is 2.38. The molecule has 3 rings (SSSR count). The molecule has 21 heavy (non-hydrogen) atoms. The van der Waals surface area contributed by atoms with Gasteiger partial charge in [0, 0.05) is 25.4 Å². The maximum absolute atomic E-state index is 12.5. The fourth-order valence-corrected chi connectivity index (χ4v) is 3.02. The van der Waals surface area contributed by atoms with E-state index in [4.69, 9.17) is 0 Å². The van der Waals surface area contributed by atoms with Crippen LogP contribution in [-0.2, 0) is 11.2 Å². The lowest BCUT2D eigenvalue weighted by molar-refractivity contribution is -0.132. The van der Waals surface area contributed by atoms with Gasteiger partial charge in [-0.2, -0.15) is 0 Å². The van der Waals surface area contributed by atoms with Crippen molar-refractivity contribution in [3.05, 3.63) is 66.0 Å². The molecule has 0 spiro atoms. The number of hydrogen-bond donors (Lipinski definition) is 0. The van der Waals surface area contributed by atoms with Gasteiger partial charge in [-0.1, -0.05) is 36.4 Å². The van der Waals surface area contributed by atoms with E-state index < -0.39 is 0 Å². The summed E-state index contributed by atoms with van der Waals surface area (Å²) in [4.78, 5) is 18.7. The molecule has 1 aliphatic rings. The van der Waals surface area contributed by atoms with E-state index in [1.807, 2.05) is 35.4 Å². The number of amides is 1. The van der Waals surface area contributed by atoms with Crippen LogP contribution < -0.4 is 0 Å². The van der Waals surface area contributed by atoms with Gasteiger partial charge in [0.05, 0.1) is 6.04 Å². The number of nitrogens with zero attached hydrogens (tertiary/aromatic N) is 2. The number of rotatable bonds is 4. The van der Waals surface area contributed by atoms with Gasteiger partial charge in [0.25, 0.3) is 0 Å². The molecule has 0 radical (unpaired) electrons. The lowest BCUT2D eigenvalue weighted by Gasteiger charge is -2.25. The van der Waals surface area contributed by atoms with Gasteiger partial charge in [-0.25, -0.2) is 0 Å². The van der Waals surface area contributed by atoms with E-state index in [-0.39, 0.29) is 11.9 Å². The summed E-state index contributed by atoms with van der Waals surface area (Å²) in [6, 6.07) is 14.4. The zero-order valence-electron chi connectivity index (χ0n) is 12.1. The van der Waals surface area contributed by atoms with Crippen molar-refractivity contribution in [3.63, 3.8) is 0 Å². The van der Waals surface area contributed by atoms with E-state index in [0.29, 0.717) is 6.42 Å². The third-order valence-electron chi connectivity index (χ3n) is 4.11. The van der Waals surface area contributed by atoms with Crippen LogP contribution in [0.15, 0.2) is 54.9 Å². The first-order chi connectivity index (χ1) is 10.3. The quantitative estimate of drug-likeness (QED) is 0.860. The number of likely N-dealkylation sites (tertiary alicyclic amines) is 1. The Labute approximate surface area is 125 Å². The second-order valence-corrected chi connectivity index (χ2v) is 5.52. The number of benzene rings is 1. The van der Waals surface area contributed by atoms with Crippen LogP contribution in [0, 0.1) is 0 Å². The summed E-state index contributed by atoms with van der Waals surface area (Å²) < 4.78 is 0. The van der Waals surface area contributed by atoms with Crippen molar-refractivity contribution >= 4 is 5.91 Å². The van der Waals surface area contributed by atoms with Gasteiger partial charge in [0.1, 0.15) is 0 Å². The van der Waals surface area contributed by atoms with Gasteiger partial charge in [-0.15, -0.1) is 0 Å². The number of aromatic nitrogens is 1. The molecule has 0 bridgehead atoms. The number of carbonyl (C=O) groups is 1. The highest BCUT2D eigenvalue weighted by molar-refractivity contribution is 5.77. The highest BCUT2D eigenvalue weighted by Gasteiger charge is 2.29. The highest BCUT2D eigenvalue weighted by atomic mass is 16.2. The van der Waals surface area contributed by atoms with E-state index in [1.54, 1.807) is 6.20 Å². The summed E-state index contributed by atoms with van der Waals surface area (Å²) in [7, 11) is 0. The molecule has 3 heteroatoms. The van der Waals surface area contributed by atoms with Crippen molar-refractivity contribution in [1.82, 2.24) is 9.88 Å². The average Bonchev–Trinajstić information content (AvgIpc) is 3.04. The number of hydrogen-bond acceptors (Lipinski definition) is 2. The first-order valence-electron chi connectivity index (χ1n) is 7.58. The molecule has 2 aromatic rings. The third kappa shape index (κ3) is 3.30. The fraction of sp³-hybridized carbons (Fsp3) is 0.333. The van der Waals surface area contributed by atoms with Gasteiger partial charge in [-0.3, -0.25) is 9.78 Å². The van der Waals surface area contributed by atoms with Gasteiger partial charge in [0.15, 0.2) is 0 Å². The standard InChI is InChI=1S/C18H20N2O/c21-18(11-10-15-6-2-1-3-7-15)20-13-5-9-17(20)16-8-4-12-19-14-16/h1-4,6-8,12,14,17H,5,9-11,13H2. The second-order valence-electron chi connectivity index (χ2n) is 5.52. The van der Waals surface area contributed by atoms with Gasteiger partial charge >= 0.3 is 0 Å². The lowest BCUT2D eigenvalue weighted by Crippen LogP contribution is -2.30. The molecule has 1 aromatic heterocycles. The van der Waals surface area contributed by atoms with Crippen molar-refractivity contribution in [2.45, 2.75) is 31.7 Å². The summed E-state index contributed by atoms with van der Waals surface area (Å²) in [5.74, 6) is 0.255. The topological polar surface area (TPSA) is 33.2 Å². The van der Waals surface area contributed by atoms with Crippen LogP contribution in [0.2, 0.25) is 0 Å². The molecule has 1 aliphatic heterocycles. The molecule has 0 N–H and O–H groups in total. The number of carbonyl (C=O) groups excluding carboxylic acids is 1. The Hall–Kier alpha value is -2.16. The zero-order valence-corrected chi connectivity index (χ0v) is 12.1. The van der Waals surface area contributed by atoms with E-state index >= 15 is 0 Å². The first-order valence-corrected chi connectivity index (χ1v) is 7.58. The largest absolute Gasteiger partial charge is 0.336 e. The third-order valence-corrected chi connectivity index (χ3v) is 4.11. The monoisotopic (exact) mass is 280 g/mol. The van der Waals surface area contributed by atoms with Crippen LogP contribution in [0.3, 0.4) is 0 Å². The molecular formula is C18H20N2O. The normalized spacial score (nSPS) is 17.9. The molecule has 1 aromatic carbocycles. The smallest absolute Gasteiger partial charge is 0.223 e. The van der Waals surface area contributed by atoms with Crippen molar-refractivity contribution in [1.29, 1.82) is 0 Å². The Bertz CT molecular complexity index is 583. The first kappa shape index (κ1) is 13.8.